The smallest absolute Gasteiger partial charge is 0.423 e. The number of hydrogen-bond acceptors (Lipinski definition) is 6. The van der Waals surface area contributed by atoms with Crippen LogP contribution in [0.2, 0.25) is 0 Å². The van der Waals surface area contributed by atoms with Gasteiger partial charge in [0.15, 0.2) is 11.6 Å². The van der Waals surface area contributed by atoms with Gasteiger partial charge in [-0.25, -0.2) is 4.98 Å². The average Bonchev–Trinajstić information content (AvgIpc) is 3.52. The maximum Gasteiger partial charge on any atom is 0.488 e. The Labute approximate surface area is 223 Å². The van der Waals surface area contributed by atoms with Crippen LogP contribution in [0.15, 0.2) is 66.7 Å². The van der Waals surface area contributed by atoms with Crippen molar-refractivity contribution in [2.24, 2.45) is 0 Å². The lowest BCUT2D eigenvalue weighted by atomic mass is 9.79. The molecule has 2 heterocycles. The number of hydrogen-bond donors (Lipinski definition) is 3. The Kier molecular flexibility index (Phi) is 8.89. The fraction of sp³-hybridized carbons (Fsp3) is 0.300. The summed E-state index contributed by atoms with van der Waals surface area (Å²) in [5.41, 5.74) is 5.78. The van der Waals surface area contributed by atoms with Crippen LogP contribution < -0.4 is 5.46 Å². The maximum atomic E-state index is 11.6. The first-order chi connectivity index (χ1) is 18.2. The van der Waals surface area contributed by atoms with Crippen LogP contribution in [-0.2, 0) is 6.42 Å². The Balaban J connectivity index is 0.000000236. The van der Waals surface area contributed by atoms with Crippen LogP contribution in [0, 0.1) is 0 Å². The maximum absolute atomic E-state index is 11.6. The molecule has 1 fully saturated rings. The van der Waals surface area contributed by atoms with Crippen LogP contribution in [0.25, 0.3) is 22.2 Å². The molecule has 0 aliphatic carbocycles. The van der Waals surface area contributed by atoms with E-state index in [-0.39, 0.29) is 11.6 Å². The monoisotopic (exact) mass is 511 g/mol. The largest absolute Gasteiger partial charge is 0.488 e. The number of nitrogens with zero attached hydrogens (tertiary/aromatic N) is 2. The van der Waals surface area contributed by atoms with Crippen molar-refractivity contribution < 1.29 is 19.6 Å². The minimum Gasteiger partial charge on any atom is -0.423 e. The van der Waals surface area contributed by atoms with E-state index in [1.165, 1.54) is 32.4 Å². The highest BCUT2D eigenvalue weighted by Crippen LogP contribution is 2.25. The lowest BCUT2D eigenvalue weighted by molar-refractivity contribution is 0.100. The summed E-state index contributed by atoms with van der Waals surface area (Å²) in [5.74, 6) is 1.05. The molecule has 3 aromatic carbocycles. The van der Waals surface area contributed by atoms with Crippen molar-refractivity contribution in [1.29, 1.82) is 0 Å². The van der Waals surface area contributed by atoms with Crippen LogP contribution in [0.4, 0.5) is 0 Å². The molecule has 0 radical (unpaired) electrons. The van der Waals surface area contributed by atoms with Crippen molar-refractivity contribution in [3.05, 3.63) is 83.7 Å². The summed E-state index contributed by atoms with van der Waals surface area (Å²) in [6, 6.07) is 21.0. The Morgan fingerprint density at radius 2 is 1.66 bits per heavy atom. The van der Waals surface area contributed by atoms with Crippen molar-refractivity contribution in [3.8, 4) is 11.1 Å². The van der Waals surface area contributed by atoms with E-state index in [1.807, 2.05) is 24.3 Å². The van der Waals surface area contributed by atoms with Gasteiger partial charge in [0, 0.05) is 30.1 Å². The average molecular weight is 511 g/mol. The summed E-state index contributed by atoms with van der Waals surface area (Å²) in [7, 11) is -1.51. The molecule has 0 spiro atoms. The number of imidazole rings is 1. The van der Waals surface area contributed by atoms with E-state index in [0.29, 0.717) is 17.1 Å². The van der Waals surface area contributed by atoms with Crippen molar-refractivity contribution >= 4 is 35.2 Å². The zero-order chi connectivity index (χ0) is 27.2. The van der Waals surface area contributed by atoms with E-state index in [9.17, 15) is 9.59 Å². The lowest BCUT2D eigenvalue weighted by Crippen LogP contribution is -2.30. The first-order valence-electron chi connectivity index (χ1n) is 13.0. The van der Waals surface area contributed by atoms with Gasteiger partial charge in [-0.1, -0.05) is 48.5 Å². The van der Waals surface area contributed by atoms with Gasteiger partial charge in [-0.2, -0.15) is 0 Å². The quantitative estimate of drug-likeness (QED) is 0.256. The standard InChI is InChI=1S/C22H25N3O.C8H9BO3/c1-15-5-4-11-25(15)12-10-22-23-20-9-8-19(14-21(20)24-22)18-7-3-6-17(13-18)16(2)26;1-6(10)7-3-2-4-8(5-7)9(11)12/h3,6-9,13-15H,4-5,10-12H2,1-2H3,(H,23,24);2-5,11-12H,1H3/t15-;/m1./s1. The third-order valence-corrected chi connectivity index (χ3v) is 7.05. The van der Waals surface area contributed by atoms with Gasteiger partial charge in [-0.05, 0) is 74.9 Å². The van der Waals surface area contributed by atoms with Crippen LogP contribution in [0.5, 0.6) is 0 Å². The Morgan fingerprint density at radius 1 is 0.974 bits per heavy atom. The summed E-state index contributed by atoms with van der Waals surface area (Å²) < 4.78 is 0. The van der Waals surface area contributed by atoms with E-state index >= 15 is 0 Å². The molecule has 4 aromatic rings. The third-order valence-electron chi connectivity index (χ3n) is 7.05. The first kappa shape index (κ1) is 27.4. The van der Waals surface area contributed by atoms with Gasteiger partial charge in [-0.15, -0.1) is 0 Å². The van der Waals surface area contributed by atoms with E-state index in [4.69, 9.17) is 15.0 Å². The number of rotatable bonds is 7. The molecule has 0 amide bonds. The van der Waals surface area contributed by atoms with Gasteiger partial charge in [0.25, 0.3) is 0 Å². The zero-order valence-corrected chi connectivity index (χ0v) is 22.1. The van der Waals surface area contributed by atoms with Crippen molar-refractivity contribution in [1.82, 2.24) is 14.9 Å². The minimum absolute atomic E-state index is 0.0856. The van der Waals surface area contributed by atoms with Gasteiger partial charge in [0.05, 0.1) is 11.0 Å². The molecule has 1 aliphatic heterocycles. The number of nitrogens with one attached hydrogen (secondary N) is 1. The summed E-state index contributed by atoms with van der Waals surface area (Å²) in [6.07, 6.45) is 3.57. The number of aromatic amines is 1. The SMILES string of the molecule is CC(=O)c1cccc(-c2ccc3nc(CCN4CCC[C@H]4C)[nH]c3c2)c1.CC(=O)c1cccc(B(O)O)c1. The number of ketones is 2. The molecular weight excluding hydrogens is 477 g/mol. The van der Waals surface area contributed by atoms with E-state index in [2.05, 4.69) is 35.0 Å². The summed E-state index contributed by atoms with van der Waals surface area (Å²) in [6.45, 7) is 7.62. The number of aromatic nitrogens is 2. The fourth-order valence-electron chi connectivity index (χ4n) is 4.77. The highest BCUT2D eigenvalue weighted by atomic mass is 16.4. The number of Topliss-reactive ketones (excluding diaryl/α,β-unsaturated/α-hetero) is 2. The predicted molar refractivity (Wildman–Crippen MR) is 152 cm³/mol. The number of H-pyrrole nitrogens is 1. The van der Waals surface area contributed by atoms with Gasteiger partial charge in [0.2, 0.25) is 0 Å². The van der Waals surface area contributed by atoms with E-state index in [0.717, 1.165) is 46.5 Å². The molecule has 1 aromatic heterocycles. The van der Waals surface area contributed by atoms with Gasteiger partial charge in [-0.3, -0.25) is 9.59 Å². The molecule has 1 saturated heterocycles. The number of carbonyl (C=O) groups is 2. The number of carbonyl (C=O) groups excluding carboxylic acids is 2. The lowest BCUT2D eigenvalue weighted by Gasteiger charge is -2.19. The second-order valence-electron chi connectivity index (χ2n) is 9.88. The molecule has 5 rings (SSSR count). The summed E-state index contributed by atoms with van der Waals surface area (Å²) in [5, 5.41) is 17.5. The molecule has 196 valence electrons. The highest BCUT2D eigenvalue weighted by Gasteiger charge is 2.20. The molecule has 0 saturated carbocycles. The summed E-state index contributed by atoms with van der Waals surface area (Å²) in [4.78, 5) is 33.3. The molecular formula is C30H34BN3O4. The second kappa shape index (κ2) is 12.3. The van der Waals surface area contributed by atoms with E-state index < -0.39 is 7.12 Å². The Bertz CT molecular complexity index is 1430. The minimum atomic E-state index is -1.51. The third kappa shape index (κ3) is 6.83. The Morgan fingerprint density at radius 3 is 2.32 bits per heavy atom. The van der Waals surface area contributed by atoms with Crippen molar-refractivity contribution in [2.75, 3.05) is 13.1 Å². The van der Waals surface area contributed by atoms with Gasteiger partial charge < -0.3 is 19.9 Å². The molecule has 38 heavy (non-hydrogen) atoms. The molecule has 3 N–H and O–H groups in total. The van der Waals surface area contributed by atoms with E-state index in [1.54, 1.807) is 25.1 Å². The summed E-state index contributed by atoms with van der Waals surface area (Å²) >= 11 is 0. The Hall–Kier alpha value is -3.59. The number of fused-ring (bicyclic) bond motifs is 1. The topological polar surface area (TPSA) is 107 Å². The van der Waals surface area contributed by atoms with Crippen LogP contribution in [-0.4, -0.2) is 62.7 Å². The highest BCUT2D eigenvalue weighted by molar-refractivity contribution is 6.58. The zero-order valence-electron chi connectivity index (χ0n) is 22.1. The van der Waals surface area contributed by atoms with Gasteiger partial charge in [0.1, 0.15) is 5.82 Å². The molecule has 0 bridgehead atoms. The van der Waals surface area contributed by atoms with Gasteiger partial charge >= 0.3 is 7.12 Å². The molecule has 0 unspecified atom stereocenters. The van der Waals surface area contributed by atoms with Crippen LogP contribution in [0.3, 0.4) is 0 Å². The molecule has 1 aliphatic rings. The number of likely N-dealkylation sites (tertiary alicyclic amines) is 1. The van der Waals surface area contributed by atoms with Crippen LogP contribution >= 0.6 is 0 Å². The molecule has 8 heteroatoms. The second-order valence-corrected chi connectivity index (χ2v) is 9.88. The van der Waals surface area contributed by atoms with Crippen LogP contribution in [0.1, 0.15) is 60.2 Å². The number of benzene rings is 3. The predicted octanol–water partition coefficient (Wildman–Crippen LogP) is 4.03. The first-order valence-corrected chi connectivity index (χ1v) is 13.0. The molecule has 7 nitrogen and oxygen atoms in total. The van der Waals surface area contributed by atoms with Crippen molar-refractivity contribution in [2.45, 2.75) is 46.1 Å². The molecule has 1 atom stereocenters. The van der Waals surface area contributed by atoms with Crippen molar-refractivity contribution in [3.63, 3.8) is 0 Å². The fourth-order valence-corrected chi connectivity index (χ4v) is 4.77. The normalized spacial score (nSPS) is 15.2.